The molecule has 3 aromatic carbocycles. The molecule has 0 amide bonds. The molecule has 0 spiro atoms. The summed E-state index contributed by atoms with van der Waals surface area (Å²) in [5.74, 6) is 1.80. The van der Waals surface area contributed by atoms with Gasteiger partial charge in [0.25, 0.3) is 0 Å². The number of benzene rings is 3. The van der Waals surface area contributed by atoms with Gasteiger partial charge in [0, 0.05) is 10.5 Å². The Hall–Kier alpha value is -2.98. The largest absolute Gasteiger partial charge is 0.508 e. The minimum Gasteiger partial charge on any atom is -0.508 e. The fraction of sp³-hybridized carbons (Fsp3) is 0.160. The number of aryl methyl sites for hydroxylation is 2. The Bertz CT molecular complexity index is 1120. The van der Waals surface area contributed by atoms with Crippen LogP contribution in [-0.4, -0.2) is 10.1 Å². The van der Waals surface area contributed by atoms with Crippen molar-refractivity contribution in [2.45, 2.75) is 30.9 Å². The summed E-state index contributed by atoms with van der Waals surface area (Å²) in [6.07, 6.45) is 0. The van der Waals surface area contributed by atoms with Crippen molar-refractivity contribution < 1.29 is 9.52 Å². The molecule has 0 bridgehead atoms. The molecule has 0 saturated heterocycles. The highest BCUT2D eigenvalue weighted by molar-refractivity contribution is 7.99. The zero-order valence-electron chi connectivity index (χ0n) is 16.7. The van der Waals surface area contributed by atoms with Crippen LogP contribution in [0.15, 0.2) is 82.1 Å². The lowest BCUT2D eigenvalue weighted by atomic mass is 10.0. The Morgan fingerprint density at radius 3 is 2.21 bits per heavy atom. The molecular formula is C25H23NO2S. The van der Waals surface area contributed by atoms with Crippen LogP contribution in [0.4, 0.5) is 0 Å². The summed E-state index contributed by atoms with van der Waals surface area (Å²) in [4.78, 5) is 5.88. The van der Waals surface area contributed by atoms with E-state index in [2.05, 4.69) is 43.3 Å². The van der Waals surface area contributed by atoms with Crippen LogP contribution in [-0.2, 0) is 0 Å². The van der Waals surface area contributed by atoms with Gasteiger partial charge in [-0.25, -0.2) is 4.98 Å². The van der Waals surface area contributed by atoms with Crippen molar-refractivity contribution in [3.8, 4) is 28.3 Å². The second kappa shape index (κ2) is 8.18. The fourth-order valence-corrected chi connectivity index (χ4v) is 4.44. The molecule has 0 aliphatic carbocycles. The van der Waals surface area contributed by atoms with Crippen molar-refractivity contribution in [1.82, 2.24) is 4.98 Å². The topological polar surface area (TPSA) is 46.3 Å². The van der Waals surface area contributed by atoms with Crippen molar-refractivity contribution in [3.05, 3.63) is 89.8 Å². The van der Waals surface area contributed by atoms with Gasteiger partial charge in [-0.05, 0) is 67.8 Å². The first-order valence-electron chi connectivity index (χ1n) is 9.61. The highest BCUT2D eigenvalue weighted by Crippen LogP contribution is 2.38. The van der Waals surface area contributed by atoms with Gasteiger partial charge in [0.15, 0.2) is 0 Å². The highest BCUT2D eigenvalue weighted by Gasteiger charge is 2.18. The number of hydrogen-bond acceptors (Lipinski definition) is 4. The molecule has 1 aromatic heterocycles. The molecule has 1 heterocycles. The molecule has 146 valence electrons. The molecule has 3 nitrogen and oxygen atoms in total. The Labute approximate surface area is 175 Å². The first-order chi connectivity index (χ1) is 14.0. The molecule has 1 unspecified atom stereocenters. The quantitative estimate of drug-likeness (QED) is 0.360. The van der Waals surface area contributed by atoms with Gasteiger partial charge in [0.1, 0.15) is 11.5 Å². The third-order valence-corrected chi connectivity index (χ3v) is 6.04. The maximum Gasteiger partial charge on any atom is 0.226 e. The zero-order valence-corrected chi connectivity index (χ0v) is 17.5. The number of aromatic hydroxyl groups is 1. The first kappa shape index (κ1) is 19.3. The molecule has 4 rings (SSSR count). The minimum atomic E-state index is 0.139. The lowest BCUT2D eigenvalue weighted by molar-refractivity contribution is 0.470. The molecule has 29 heavy (non-hydrogen) atoms. The second-order valence-electron chi connectivity index (χ2n) is 7.11. The van der Waals surface area contributed by atoms with Gasteiger partial charge in [-0.2, -0.15) is 0 Å². The van der Waals surface area contributed by atoms with Crippen molar-refractivity contribution in [3.63, 3.8) is 0 Å². The average molecular weight is 402 g/mol. The Morgan fingerprint density at radius 2 is 1.52 bits per heavy atom. The van der Waals surface area contributed by atoms with Gasteiger partial charge in [-0.3, -0.25) is 0 Å². The molecule has 4 aromatic rings. The summed E-state index contributed by atoms with van der Waals surface area (Å²) in [6.45, 7) is 5.99. The van der Waals surface area contributed by atoms with Crippen molar-refractivity contribution in [2.75, 3.05) is 0 Å². The van der Waals surface area contributed by atoms with Gasteiger partial charge >= 0.3 is 0 Å². The molecule has 1 atom stereocenters. The molecule has 1 N–H and O–H groups in total. The van der Waals surface area contributed by atoms with E-state index in [9.17, 15) is 5.11 Å². The predicted octanol–water partition coefficient (Wildman–Crippen LogP) is 7.18. The molecule has 0 fully saturated rings. The van der Waals surface area contributed by atoms with Crippen LogP contribution >= 0.6 is 11.8 Å². The number of nitrogens with zero attached hydrogens (tertiary/aromatic N) is 1. The molecule has 0 aliphatic heterocycles. The summed E-state index contributed by atoms with van der Waals surface area (Å²) in [7, 11) is 0. The Morgan fingerprint density at radius 1 is 0.862 bits per heavy atom. The first-order valence-corrected chi connectivity index (χ1v) is 10.5. The van der Waals surface area contributed by atoms with E-state index in [1.54, 1.807) is 17.8 Å². The van der Waals surface area contributed by atoms with Crippen LogP contribution < -0.4 is 0 Å². The van der Waals surface area contributed by atoms with Gasteiger partial charge in [-0.1, -0.05) is 42.5 Å². The summed E-state index contributed by atoms with van der Waals surface area (Å²) >= 11 is 1.71. The maximum absolute atomic E-state index is 9.72. The summed E-state index contributed by atoms with van der Waals surface area (Å²) in [6, 6.07) is 24.3. The molecule has 4 heteroatoms. The second-order valence-corrected chi connectivity index (χ2v) is 8.53. The zero-order chi connectivity index (χ0) is 20.4. The van der Waals surface area contributed by atoms with Gasteiger partial charge in [0.05, 0.1) is 10.9 Å². The van der Waals surface area contributed by atoms with Crippen LogP contribution in [0.3, 0.4) is 0 Å². The maximum atomic E-state index is 9.72. The summed E-state index contributed by atoms with van der Waals surface area (Å²) < 4.78 is 5.98. The monoisotopic (exact) mass is 401 g/mol. The van der Waals surface area contributed by atoms with Crippen molar-refractivity contribution >= 4 is 11.8 Å². The standard InChI is InChI=1S/C25H23NO2S/c1-16-15-22(13-14-23(16)27)29-18(3)24-17(2)28-25(26-24)21-11-9-20(10-12-21)19-7-5-4-6-8-19/h4-15,18,27H,1-3H3. The van der Waals surface area contributed by atoms with E-state index in [1.165, 1.54) is 11.1 Å². The normalized spacial score (nSPS) is 12.1. The van der Waals surface area contributed by atoms with E-state index >= 15 is 0 Å². The van der Waals surface area contributed by atoms with Crippen molar-refractivity contribution in [2.24, 2.45) is 0 Å². The number of aromatic nitrogens is 1. The Kier molecular flexibility index (Phi) is 5.45. The lowest BCUT2D eigenvalue weighted by Crippen LogP contribution is -1.92. The van der Waals surface area contributed by atoms with Crippen LogP contribution in [0, 0.1) is 13.8 Å². The molecule has 0 aliphatic rings. The van der Waals surface area contributed by atoms with Crippen LogP contribution in [0.1, 0.15) is 29.2 Å². The third-order valence-electron chi connectivity index (χ3n) is 4.94. The highest BCUT2D eigenvalue weighted by atomic mass is 32.2. The van der Waals surface area contributed by atoms with Gasteiger partial charge in [-0.15, -0.1) is 11.8 Å². The van der Waals surface area contributed by atoms with Gasteiger partial charge in [0.2, 0.25) is 5.89 Å². The van der Waals surface area contributed by atoms with Gasteiger partial charge < -0.3 is 9.52 Å². The number of phenols is 1. The third kappa shape index (κ3) is 4.22. The minimum absolute atomic E-state index is 0.139. The summed E-state index contributed by atoms with van der Waals surface area (Å²) in [5, 5.41) is 9.86. The Balaban J connectivity index is 1.55. The molecular weight excluding hydrogens is 378 g/mol. The van der Waals surface area contributed by atoms with Crippen LogP contribution in [0.5, 0.6) is 5.75 Å². The number of rotatable bonds is 5. The smallest absolute Gasteiger partial charge is 0.226 e. The van der Waals surface area contributed by atoms with Crippen LogP contribution in [0.2, 0.25) is 0 Å². The van der Waals surface area contributed by atoms with E-state index < -0.39 is 0 Å². The van der Waals surface area contributed by atoms with Crippen LogP contribution in [0.25, 0.3) is 22.6 Å². The van der Waals surface area contributed by atoms with E-state index in [0.717, 1.165) is 27.5 Å². The number of oxazole rings is 1. The average Bonchev–Trinajstić information content (AvgIpc) is 3.13. The number of hydrogen-bond donors (Lipinski definition) is 1. The van der Waals surface area contributed by atoms with E-state index in [0.29, 0.717) is 11.6 Å². The molecule has 0 radical (unpaired) electrons. The van der Waals surface area contributed by atoms with E-state index in [-0.39, 0.29) is 5.25 Å². The van der Waals surface area contributed by atoms with E-state index in [4.69, 9.17) is 9.40 Å². The SMILES string of the molecule is Cc1cc(SC(C)c2nc(-c3ccc(-c4ccccc4)cc3)oc2C)ccc1O. The van der Waals surface area contributed by atoms with Crippen molar-refractivity contribution in [1.29, 1.82) is 0 Å². The fourth-order valence-electron chi connectivity index (χ4n) is 3.31. The number of thioether (sulfide) groups is 1. The molecule has 0 saturated carbocycles. The predicted molar refractivity (Wildman–Crippen MR) is 119 cm³/mol. The van der Waals surface area contributed by atoms with E-state index in [1.807, 2.05) is 44.2 Å². The lowest BCUT2D eigenvalue weighted by Gasteiger charge is -2.10. The summed E-state index contributed by atoms with van der Waals surface area (Å²) in [5.41, 5.74) is 5.15. The number of phenolic OH excluding ortho intramolecular Hbond substituents is 1.